The normalized spacial score (nSPS) is 16.8. The minimum absolute atomic E-state index is 0.0402. The quantitative estimate of drug-likeness (QED) is 0.907. The van der Waals surface area contributed by atoms with Crippen molar-refractivity contribution in [2.45, 2.75) is 39.0 Å². The summed E-state index contributed by atoms with van der Waals surface area (Å²) in [7, 11) is 0. The van der Waals surface area contributed by atoms with Crippen LogP contribution in [0.2, 0.25) is 0 Å². The molecule has 114 valence electrons. The topological polar surface area (TPSA) is 63.4 Å². The fourth-order valence-corrected chi connectivity index (χ4v) is 2.66. The summed E-state index contributed by atoms with van der Waals surface area (Å²) >= 11 is 0. The third kappa shape index (κ3) is 3.63. The molecule has 1 saturated heterocycles. The molecule has 2 N–H and O–H groups in total. The van der Waals surface area contributed by atoms with Gasteiger partial charge in [-0.15, -0.1) is 0 Å². The van der Waals surface area contributed by atoms with Crippen LogP contribution in [0.5, 0.6) is 0 Å². The summed E-state index contributed by atoms with van der Waals surface area (Å²) in [5, 5.41) is 0. The van der Waals surface area contributed by atoms with Crippen molar-refractivity contribution in [2.24, 2.45) is 11.7 Å². The number of benzene rings is 1. The third-order valence-electron chi connectivity index (χ3n) is 4.18. The molecule has 2 rings (SSSR count). The van der Waals surface area contributed by atoms with E-state index >= 15 is 0 Å². The van der Waals surface area contributed by atoms with Crippen molar-refractivity contribution >= 4 is 11.8 Å². The lowest BCUT2D eigenvalue weighted by Crippen LogP contribution is -2.41. The Bertz CT molecular complexity index is 521. The maximum atomic E-state index is 12.4. The summed E-state index contributed by atoms with van der Waals surface area (Å²) < 4.78 is 0. The van der Waals surface area contributed by atoms with E-state index in [2.05, 4.69) is 20.8 Å². The van der Waals surface area contributed by atoms with Crippen molar-refractivity contribution in [3.63, 3.8) is 0 Å². The molecule has 0 aliphatic carbocycles. The molecule has 1 aliphatic rings. The zero-order valence-corrected chi connectivity index (χ0v) is 13.1. The van der Waals surface area contributed by atoms with Crippen molar-refractivity contribution < 1.29 is 9.59 Å². The average Bonchev–Trinajstić information content (AvgIpc) is 2.46. The van der Waals surface area contributed by atoms with Gasteiger partial charge in [0.25, 0.3) is 5.91 Å². The van der Waals surface area contributed by atoms with E-state index in [1.54, 1.807) is 0 Å². The second-order valence-corrected chi connectivity index (χ2v) is 6.80. The van der Waals surface area contributed by atoms with Gasteiger partial charge in [0.05, 0.1) is 0 Å². The van der Waals surface area contributed by atoms with Crippen molar-refractivity contribution in [1.29, 1.82) is 0 Å². The zero-order chi connectivity index (χ0) is 15.6. The lowest BCUT2D eigenvalue weighted by Gasteiger charge is -2.30. The predicted octanol–water partition coefficient (Wildman–Crippen LogP) is 2.32. The molecule has 1 fully saturated rings. The maximum absolute atomic E-state index is 12.4. The van der Waals surface area contributed by atoms with Gasteiger partial charge in [-0.1, -0.05) is 32.9 Å². The molecule has 0 aromatic heterocycles. The number of nitrogens with zero attached hydrogens (tertiary/aromatic N) is 1. The van der Waals surface area contributed by atoms with Crippen molar-refractivity contribution in [2.75, 3.05) is 13.1 Å². The summed E-state index contributed by atoms with van der Waals surface area (Å²) in [5.41, 5.74) is 7.32. The van der Waals surface area contributed by atoms with Crippen molar-refractivity contribution in [3.8, 4) is 0 Å². The van der Waals surface area contributed by atoms with E-state index in [1.807, 2.05) is 29.2 Å². The smallest absolute Gasteiger partial charge is 0.253 e. The Morgan fingerprint density at radius 1 is 1.10 bits per heavy atom. The van der Waals surface area contributed by atoms with Gasteiger partial charge < -0.3 is 10.6 Å². The van der Waals surface area contributed by atoms with Gasteiger partial charge in [0, 0.05) is 24.6 Å². The molecule has 1 aromatic carbocycles. The molecule has 4 nitrogen and oxygen atoms in total. The van der Waals surface area contributed by atoms with Gasteiger partial charge in [-0.2, -0.15) is 0 Å². The number of likely N-dealkylation sites (tertiary alicyclic amines) is 1. The van der Waals surface area contributed by atoms with E-state index < -0.39 is 0 Å². The molecule has 0 spiro atoms. The first kappa shape index (κ1) is 15.5. The molecule has 0 atom stereocenters. The van der Waals surface area contributed by atoms with Gasteiger partial charge in [-0.25, -0.2) is 0 Å². The van der Waals surface area contributed by atoms with Gasteiger partial charge in [0.2, 0.25) is 5.91 Å². The Labute approximate surface area is 126 Å². The number of hydrogen-bond acceptors (Lipinski definition) is 2. The molecule has 1 heterocycles. The minimum atomic E-state index is -0.253. The Morgan fingerprint density at radius 3 is 2.05 bits per heavy atom. The van der Waals surface area contributed by atoms with Crippen LogP contribution in [0.15, 0.2) is 24.3 Å². The molecule has 2 amide bonds. The first-order valence-electron chi connectivity index (χ1n) is 7.48. The van der Waals surface area contributed by atoms with Gasteiger partial charge in [-0.05, 0) is 36.0 Å². The number of carbonyl (C=O) groups excluding carboxylic acids is 2. The highest BCUT2D eigenvalue weighted by atomic mass is 16.2. The summed E-state index contributed by atoms with van der Waals surface area (Å²) in [6.45, 7) is 7.66. The van der Waals surface area contributed by atoms with Crippen LogP contribution in [0.4, 0.5) is 0 Å². The monoisotopic (exact) mass is 288 g/mol. The number of primary amides is 1. The number of nitrogens with two attached hydrogens (primary N) is 1. The zero-order valence-electron chi connectivity index (χ0n) is 13.1. The molecule has 0 bridgehead atoms. The first-order valence-corrected chi connectivity index (χ1v) is 7.48. The highest BCUT2D eigenvalue weighted by Gasteiger charge is 2.26. The Morgan fingerprint density at radius 2 is 1.62 bits per heavy atom. The maximum Gasteiger partial charge on any atom is 0.253 e. The largest absolute Gasteiger partial charge is 0.369 e. The average molecular weight is 288 g/mol. The van der Waals surface area contributed by atoms with E-state index in [4.69, 9.17) is 5.73 Å². The van der Waals surface area contributed by atoms with Crippen LogP contribution in [-0.2, 0) is 10.2 Å². The molecular formula is C17H24N2O2. The molecule has 0 radical (unpaired) electrons. The fraction of sp³-hybridized carbons (Fsp3) is 0.529. The third-order valence-corrected chi connectivity index (χ3v) is 4.18. The van der Waals surface area contributed by atoms with Crippen LogP contribution < -0.4 is 5.73 Å². The molecular weight excluding hydrogens is 264 g/mol. The van der Waals surface area contributed by atoms with E-state index in [0.29, 0.717) is 31.5 Å². The van der Waals surface area contributed by atoms with E-state index in [-0.39, 0.29) is 23.1 Å². The highest BCUT2D eigenvalue weighted by molar-refractivity contribution is 5.94. The second-order valence-electron chi connectivity index (χ2n) is 6.80. The van der Waals surface area contributed by atoms with E-state index in [0.717, 1.165) is 0 Å². The summed E-state index contributed by atoms with van der Waals surface area (Å²) in [6.07, 6.45) is 1.34. The van der Waals surface area contributed by atoms with Crippen LogP contribution >= 0.6 is 0 Å². The van der Waals surface area contributed by atoms with Gasteiger partial charge in [0.15, 0.2) is 0 Å². The predicted molar refractivity (Wildman–Crippen MR) is 83.0 cm³/mol. The molecule has 0 saturated carbocycles. The van der Waals surface area contributed by atoms with Crippen LogP contribution in [0.25, 0.3) is 0 Å². The summed E-state index contributed by atoms with van der Waals surface area (Å²) in [5.74, 6) is -0.299. The van der Waals surface area contributed by atoms with Gasteiger partial charge in [0.1, 0.15) is 0 Å². The Kier molecular flexibility index (Phi) is 4.35. The Balaban J connectivity index is 2.03. The van der Waals surface area contributed by atoms with Crippen molar-refractivity contribution in [1.82, 2.24) is 4.90 Å². The number of hydrogen-bond donors (Lipinski definition) is 1. The molecule has 21 heavy (non-hydrogen) atoms. The highest BCUT2D eigenvalue weighted by Crippen LogP contribution is 2.23. The summed E-state index contributed by atoms with van der Waals surface area (Å²) in [4.78, 5) is 25.4. The summed E-state index contributed by atoms with van der Waals surface area (Å²) in [6, 6.07) is 7.82. The van der Waals surface area contributed by atoms with Gasteiger partial charge in [-0.3, -0.25) is 9.59 Å². The molecule has 4 heteroatoms. The first-order chi connectivity index (χ1) is 9.79. The lowest BCUT2D eigenvalue weighted by molar-refractivity contribution is -0.123. The van der Waals surface area contributed by atoms with E-state index in [9.17, 15) is 9.59 Å². The fourth-order valence-electron chi connectivity index (χ4n) is 2.66. The standard InChI is InChI=1S/C17H24N2O2/c1-17(2,3)14-6-4-13(5-7-14)16(21)19-10-8-12(9-11-19)15(18)20/h4-7,12H,8-11H2,1-3H3,(H2,18,20). The number of amides is 2. The van der Waals surface area contributed by atoms with Crippen LogP contribution in [0.1, 0.15) is 49.5 Å². The van der Waals surface area contributed by atoms with Crippen LogP contribution in [0.3, 0.4) is 0 Å². The SMILES string of the molecule is CC(C)(C)c1ccc(C(=O)N2CCC(C(N)=O)CC2)cc1. The minimum Gasteiger partial charge on any atom is -0.369 e. The number of carbonyl (C=O) groups is 2. The van der Waals surface area contributed by atoms with Crippen molar-refractivity contribution in [3.05, 3.63) is 35.4 Å². The number of piperidine rings is 1. The van der Waals surface area contributed by atoms with E-state index in [1.165, 1.54) is 5.56 Å². The number of rotatable bonds is 2. The Hall–Kier alpha value is -1.84. The molecule has 0 unspecified atom stereocenters. The van der Waals surface area contributed by atoms with Crippen LogP contribution in [-0.4, -0.2) is 29.8 Å². The molecule has 1 aromatic rings. The second kappa shape index (κ2) is 5.88. The lowest BCUT2D eigenvalue weighted by atomic mass is 9.86. The van der Waals surface area contributed by atoms with Crippen LogP contribution in [0, 0.1) is 5.92 Å². The van der Waals surface area contributed by atoms with Gasteiger partial charge >= 0.3 is 0 Å². The molecule has 1 aliphatic heterocycles.